The molecule has 0 radical (unpaired) electrons. The minimum absolute atomic E-state index is 0.195. The maximum atomic E-state index is 8.88. The van der Waals surface area contributed by atoms with E-state index in [2.05, 4.69) is 19.1 Å². The van der Waals surface area contributed by atoms with Crippen LogP contribution in [0.15, 0.2) is 30.3 Å². The van der Waals surface area contributed by atoms with Crippen molar-refractivity contribution in [3.8, 4) is 0 Å². The van der Waals surface area contributed by atoms with Crippen molar-refractivity contribution in [1.29, 1.82) is 0 Å². The third-order valence-corrected chi connectivity index (χ3v) is 2.39. The Balaban J connectivity index is 2.33. The molecule has 84 valence electrons. The molecule has 1 N–H and O–H groups in total. The molecule has 2 heteroatoms. The lowest BCUT2D eigenvalue weighted by molar-refractivity contribution is 0.0186. The van der Waals surface area contributed by atoms with Crippen molar-refractivity contribution in [3.63, 3.8) is 0 Å². The third kappa shape index (κ3) is 4.96. The Morgan fingerprint density at radius 3 is 2.53 bits per heavy atom. The largest absolute Gasteiger partial charge is 0.396 e. The van der Waals surface area contributed by atoms with Gasteiger partial charge in [0.1, 0.15) is 0 Å². The number of hydrogen-bond acceptors (Lipinski definition) is 2. The Morgan fingerprint density at radius 2 is 1.93 bits per heavy atom. The van der Waals surface area contributed by atoms with E-state index in [0.717, 1.165) is 19.3 Å². The molecule has 0 aliphatic rings. The highest BCUT2D eigenvalue weighted by Gasteiger charge is 2.07. The maximum absolute atomic E-state index is 8.88. The van der Waals surface area contributed by atoms with Crippen molar-refractivity contribution in [2.75, 3.05) is 6.61 Å². The Kier molecular flexibility index (Phi) is 6.05. The number of benzene rings is 1. The van der Waals surface area contributed by atoms with Gasteiger partial charge in [0.2, 0.25) is 0 Å². The fourth-order valence-corrected chi connectivity index (χ4v) is 1.57. The second-order valence-electron chi connectivity index (χ2n) is 3.72. The predicted molar refractivity (Wildman–Crippen MR) is 61.6 cm³/mol. The molecule has 1 aromatic carbocycles. The first-order chi connectivity index (χ1) is 7.36. The summed E-state index contributed by atoms with van der Waals surface area (Å²) >= 11 is 0. The molecule has 1 aromatic rings. The minimum Gasteiger partial charge on any atom is -0.396 e. The summed E-state index contributed by atoms with van der Waals surface area (Å²) in [6.07, 6.45) is 3.05. The van der Waals surface area contributed by atoms with Gasteiger partial charge in [-0.2, -0.15) is 0 Å². The standard InChI is InChI=1S/C13H20O2/c1-2-6-13(9-10-14)15-11-12-7-4-3-5-8-12/h3-5,7-8,13-14H,2,6,9-11H2,1H3/t13-/m1/s1. The Morgan fingerprint density at radius 1 is 1.20 bits per heavy atom. The highest BCUT2D eigenvalue weighted by atomic mass is 16.5. The highest BCUT2D eigenvalue weighted by molar-refractivity contribution is 5.13. The van der Waals surface area contributed by atoms with E-state index in [0.29, 0.717) is 6.61 Å². The van der Waals surface area contributed by atoms with Crippen molar-refractivity contribution in [3.05, 3.63) is 35.9 Å². The second kappa shape index (κ2) is 7.43. The van der Waals surface area contributed by atoms with E-state index in [4.69, 9.17) is 9.84 Å². The number of ether oxygens (including phenoxy) is 1. The van der Waals surface area contributed by atoms with Gasteiger partial charge < -0.3 is 9.84 Å². The number of hydrogen-bond donors (Lipinski definition) is 1. The molecule has 0 heterocycles. The minimum atomic E-state index is 0.195. The van der Waals surface area contributed by atoms with Crippen LogP contribution < -0.4 is 0 Å². The zero-order chi connectivity index (χ0) is 10.9. The van der Waals surface area contributed by atoms with Crippen LogP contribution in [-0.4, -0.2) is 17.8 Å². The Hall–Kier alpha value is -0.860. The molecule has 2 nitrogen and oxygen atoms in total. The molecule has 1 rings (SSSR count). The summed E-state index contributed by atoms with van der Waals surface area (Å²) in [4.78, 5) is 0. The Labute approximate surface area is 91.9 Å². The van der Waals surface area contributed by atoms with Gasteiger partial charge in [0.25, 0.3) is 0 Å². The first kappa shape index (κ1) is 12.2. The summed E-state index contributed by atoms with van der Waals surface area (Å²) < 4.78 is 5.75. The molecular weight excluding hydrogens is 188 g/mol. The predicted octanol–water partition coefficient (Wildman–Crippen LogP) is 2.75. The SMILES string of the molecule is CCC[C@H](CCO)OCc1ccccc1. The zero-order valence-corrected chi connectivity index (χ0v) is 9.36. The molecule has 0 saturated carbocycles. The average Bonchev–Trinajstić information content (AvgIpc) is 2.28. The van der Waals surface area contributed by atoms with Crippen LogP contribution in [0.1, 0.15) is 31.7 Å². The van der Waals surface area contributed by atoms with Gasteiger partial charge in [-0.1, -0.05) is 43.7 Å². The van der Waals surface area contributed by atoms with Crippen LogP contribution in [0.25, 0.3) is 0 Å². The van der Waals surface area contributed by atoms with Gasteiger partial charge in [0.15, 0.2) is 0 Å². The van der Waals surface area contributed by atoms with Crippen molar-refractivity contribution in [1.82, 2.24) is 0 Å². The molecule has 15 heavy (non-hydrogen) atoms. The Bertz CT molecular complexity index is 240. The summed E-state index contributed by atoms with van der Waals surface area (Å²) in [5.74, 6) is 0. The number of aliphatic hydroxyl groups is 1. The van der Waals surface area contributed by atoms with Crippen LogP contribution in [0.4, 0.5) is 0 Å². The van der Waals surface area contributed by atoms with Crippen LogP contribution >= 0.6 is 0 Å². The summed E-state index contributed by atoms with van der Waals surface area (Å²) in [7, 11) is 0. The molecule has 0 amide bonds. The first-order valence-electron chi connectivity index (χ1n) is 5.63. The van der Waals surface area contributed by atoms with Gasteiger partial charge in [0.05, 0.1) is 12.7 Å². The zero-order valence-electron chi connectivity index (χ0n) is 9.36. The number of rotatable bonds is 7. The highest BCUT2D eigenvalue weighted by Crippen LogP contribution is 2.10. The van der Waals surface area contributed by atoms with Crippen LogP contribution in [-0.2, 0) is 11.3 Å². The van der Waals surface area contributed by atoms with Crippen LogP contribution in [0, 0.1) is 0 Å². The lowest BCUT2D eigenvalue weighted by atomic mass is 10.1. The van der Waals surface area contributed by atoms with Gasteiger partial charge in [-0.05, 0) is 18.4 Å². The van der Waals surface area contributed by atoms with Crippen molar-refractivity contribution < 1.29 is 9.84 Å². The molecule has 0 aromatic heterocycles. The van der Waals surface area contributed by atoms with Crippen molar-refractivity contribution >= 4 is 0 Å². The van der Waals surface area contributed by atoms with E-state index in [1.165, 1.54) is 5.56 Å². The van der Waals surface area contributed by atoms with Gasteiger partial charge >= 0.3 is 0 Å². The molecule has 0 spiro atoms. The number of aliphatic hydroxyl groups excluding tert-OH is 1. The quantitative estimate of drug-likeness (QED) is 0.746. The molecule has 0 unspecified atom stereocenters. The molecule has 0 bridgehead atoms. The monoisotopic (exact) mass is 208 g/mol. The van der Waals surface area contributed by atoms with Crippen LogP contribution in [0.5, 0.6) is 0 Å². The molecule has 0 saturated heterocycles. The molecular formula is C13H20O2. The molecule has 0 aliphatic carbocycles. The third-order valence-electron chi connectivity index (χ3n) is 2.39. The lowest BCUT2D eigenvalue weighted by Gasteiger charge is -2.16. The fourth-order valence-electron chi connectivity index (χ4n) is 1.57. The molecule has 1 atom stereocenters. The van der Waals surface area contributed by atoms with E-state index >= 15 is 0 Å². The van der Waals surface area contributed by atoms with Gasteiger partial charge in [-0.3, -0.25) is 0 Å². The lowest BCUT2D eigenvalue weighted by Crippen LogP contribution is -2.14. The van der Waals surface area contributed by atoms with Crippen LogP contribution in [0.3, 0.4) is 0 Å². The van der Waals surface area contributed by atoms with Crippen LogP contribution in [0.2, 0.25) is 0 Å². The van der Waals surface area contributed by atoms with Gasteiger partial charge in [-0.15, -0.1) is 0 Å². The molecule has 0 aliphatic heterocycles. The topological polar surface area (TPSA) is 29.5 Å². The smallest absolute Gasteiger partial charge is 0.0720 e. The average molecular weight is 208 g/mol. The summed E-state index contributed by atoms with van der Waals surface area (Å²) in [6.45, 7) is 2.99. The molecule has 0 fully saturated rings. The van der Waals surface area contributed by atoms with E-state index in [1.54, 1.807) is 0 Å². The normalized spacial score (nSPS) is 12.7. The van der Waals surface area contributed by atoms with Gasteiger partial charge in [-0.25, -0.2) is 0 Å². The summed E-state index contributed by atoms with van der Waals surface area (Å²) in [5, 5.41) is 8.88. The van der Waals surface area contributed by atoms with E-state index in [1.807, 2.05) is 18.2 Å². The fraction of sp³-hybridized carbons (Fsp3) is 0.538. The van der Waals surface area contributed by atoms with Crippen molar-refractivity contribution in [2.24, 2.45) is 0 Å². The maximum Gasteiger partial charge on any atom is 0.0720 e. The second-order valence-corrected chi connectivity index (χ2v) is 3.72. The van der Waals surface area contributed by atoms with E-state index in [-0.39, 0.29) is 12.7 Å². The van der Waals surface area contributed by atoms with Gasteiger partial charge in [0, 0.05) is 6.61 Å². The summed E-state index contributed by atoms with van der Waals surface area (Å²) in [5.41, 5.74) is 1.19. The first-order valence-corrected chi connectivity index (χ1v) is 5.63. The van der Waals surface area contributed by atoms with E-state index < -0.39 is 0 Å². The van der Waals surface area contributed by atoms with Crippen molar-refractivity contribution in [2.45, 2.75) is 38.9 Å². The summed E-state index contributed by atoms with van der Waals surface area (Å²) in [6, 6.07) is 10.1. The van der Waals surface area contributed by atoms with E-state index in [9.17, 15) is 0 Å².